The van der Waals surface area contributed by atoms with Crippen LogP contribution in [0.4, 0.5) is 11.4 Å². The van der Waals surface area contributed by atoms with Crippen LogP contribution in [0.1, 0.15) is 20.3 Å². The van der Waals surface area contributed by atoms with Crippen LogP contribution in [0.15, 0.2) is 18.2 Å². The summed E-state index contributed by atoms with van der Waals surface area (Å²) in [5, 5.41) is 3.43. The molecule has 102 valence electrons. The highest BCUT2D eigenvalue weighted by atomic mass is 16.5. The van der Waals surface area contributed by atoms with Gasteiger partial charge >= 0.3 is 0 Å². The molecule has 0 radical (unpaired) electrons. The summed E-state index contributed by atoms with van der Waals surface area (Å²) in [6, 6.07) is 6.23. The second kappa shape index (κ2) is 7.11. The van der Waals surface area contributed by atoms with Gasteiger partial charge in [-0.15, -0.1) is 0 Å². The highest BCUT2D eigenvalue weighted by molar-refractivity contribution is 5.73. The lowest BCUT2D eigenvalue weighted by molar-refractivity contribution is 0.342. The summed E-state index contributed by atoms with van der Waals surface area (Å²) in [7, 11) is 4.16. The molecule has 4 heteroatoms. The highest BCUT2D eigenvalue weighted by Gasteiger charge is 2.08. The molecule has 0 aromatic heterocycles. The summed E-state index contributed by atoms with van der Waals surface area (Å²) in [6.45, 7) is 5.80. The Hall–Kier alpha value is -1.42. The third-order valence-corrected chi connectivity index (χ3v) is 2.78. The summed E-state index contributed by atoms with van der Waals surface area (Å²) < 4.78 is 5.48. The molecule has 0 saturated carbocycles. The fourth-order valence-electron chi connectivity index (χ4n) is 1.74. The first-order valence-corrected chi connectivity index (χ1v) is 6.47. The third-order valence-electron chi connectivity index (χ3n) is 2.78. The Bertz CT molecular complexity index is 366. The van der Waals surface area contributed by atoms with E-state index in [1.807, 2.05) is 25.1 Å². The van der Waals surface area contributed by atoms with E-state index in [1.54, 1.807) is 0 Å². The Morgan fingerprint density at radius 3 is 2.72 bits per heavy atom. The second-order valence-electron chi connectivity index (χ2n) is 4.79. The van der Waals surface area contributed by atoms with Crippen LogP contribution in [0, 0.1) is 0 Å². The van der Waals surface area contributed by atoms with Crippen molar-refractivity contribution in [2.75, 3.05) is 38.3 Å². The van der Waals surface area contributed by atoms with Gasteiger partial charge in [-0.25, -0.2) is 0 Å². The summed E-state index contributed by atoms with van der Waals surface area (Å²) in [5.41, 5.74) is 7.72. The minimum atomic E-state index is 0.381. The predicted molar refractivity (Wildman–Crippen MR) is 78.3 cm³/mol. The first kappa shape index (κ1) is 14.6. The zero-order valence-electron chi connectivity index (χ0n) is 11.9. The summed E-state index contributed by atoms with van der Waals surface area (Å²) in [6.07, 6.45) is 1.07. The predicted octanol–water partition coefficient (Wildman–Crippen LogP) is 2.42. The van der Waals surface area contributed by atoms with Crippen molar-refractivity contribution < 1.29 is 4.74 Å². The minimum Gasteiger partial charge on any atom is -0.492 e. The van der Waals surface area contributed by atoms with E-state index in [4.69, 9.17) is 10.5 Å². The Kier molecular flexibility index (Phi) is 5.78. The van der Waals surface area contributed by atoms with Crippen LogP contribution in [0.25, 0.3) is 0 Å². The van der Waals surface area contributed by atoms with Crippen molar-refractivity contribution in [2.24, 2.45) is 0 Å². The fraction of sp³-hybridized carbons (Fsp3) is 0.571. The Labute approximate surface area is 110 Å². The lowest BCUT2D eigenvalue weighted by Gasteiger charge is -2.20. The molecule has 0 aliphatic rings. The van der Waals surface area contributed by atoms with Gasteiger partial charge in [0.25, 0.3) is 0 Å². The number of nitrogens with two attached hydrogens (primary N) is 1. The number of nitrogens with one attached hydrogen (secondary N) is 1. The van der Waals surface area contributed by atoms with E-state index >= 15 is 0 Å². The highest BCUT2D eigenvalue weighted by Crippen LogP contribution is 2.29. The number of benzene rings is 1. The van der Waals surface area contributed by atoms with Crippen molar-refractivity contribution in [3.05, 3.63) is 18.2 Å². The molecule has 1 aromatic rings. The molecule has 1 unspecified atom stereocenters. The molecule has 1 atom stereocenters. The van der Waals surface area contributed by atoms with E-state index < -0.39 is 0 Å². The molecule has 3 N–H and O–H groups in total. The van der Waals surface area contributed by atoms with E-state index in [2.05, 4.69) is 31.2 Å². The molecule has 4 nitrogen and oxygen atoms in total. The van der Waals surface area contributed by atoms with E-state index in [0.717, 1.165) is 24.4 Å². The minimum absolute atomic E-state index is 0.381. The Morgan fingerprint density at radius 2 is 2.11 bits per heavy atom. The molecule has 18 heavy (non-hydrogen) atoms. The topological polar surface area (TPSA) is 50.5 Å². The Balaban J connectivity index is 2.63. The van der Waals surface area contributed by atoms with Crippen LogP contribution < -0.4 is 15.8 Å². The van der Waals surface area contributed by atoms with Crippen LogP contribution in [0.2, 0.25) is 0 Å². The van der Waals surface area contributed by atoms with Gasteiger partial charge in [0.05, 0.1) is 18.0 Å². The van der Waals surface area contributed by atoms with E-state index in [9.17, 15) is 0 Å². The maximum atomic E-state index is 6.08. The molecular weight excluding hydrogens is 226 g/mol. The van der Waals surface area contributed by atoms with Crippen molar-refractivity contribution in [2.45, 2.75) is 26.3 Å². The van der Waals surface area contributed by atoms with Gasteiger partial charge in [-0.05, 0) is 53.0 Å². The number of nitrogen functional groups attached to an aromatic ring is 1. The molecule has 1 aromatic carbocycles. The smallest absolute Gasteiger partial charge is 0.144 e. The number of para-hydroxylation sites is 1. The van der Waals surface area contributed by atoms with Gasteiger partial charge in [0.15, 0.2) is 0 Å². The van der Waals surface area contributed by atoms with Gasteiger partial charge in [-0.1, -0.05) is 6.07 Å². The lowest BCUT2D eigenvalue weighted by atomic mass is 10.2. The van der Waals surface area contributed by atoms with Crippen LogP contribution in [0.5, 0.6) is 5.75 Å². The number of rotatable bonds is 7. The van der Waals surface area contributed by atoms with Gasteiger partial charge in [0, 0.05) is 6.04 Å². The van der Waals surface area contributed by atoms with Gasteiger partial charge in [-0.3, -0.25) is 0 Å². The lowest BCUT2D eigenvalue weighted by Crippen LogP contribution is -2.23. The average molecular weight is 251 g/mol. The number of hydrogen-bond donors (Lipinski definition) is 2. The van der Waals surface area contributed by atoms with Crippen molar-refractivity contribution in [3.63, 3.8) is 0 Å². The van der Waals surface area contributed by atoms with Gasteiger partial charge in [0.2, 0.25) is 0 Å². The quantitative estimate of drug-likeness (QED) is 0.731. The van der Waals surface area contributed by atoms with E-state index in [-0.39, 0.29) is 0 Å². The molecule has 0 amide bonds. The monoisotopic (exact) mass is 251 g/mol. The van der Waals surface area contributed by atoms with Gasteiger partial charge in [-0.2, -0.15) is 0 Å². The van der Waals surface area contributed by atoms with Gasteiger partial charge in [0.1, 0.15) is 5.75 Å². The first-order valence-electron chi connectivity index (χ1n) is 6.47. The van der Waals surface area contributed by atoms with Crippen molar-refractivity contribution in [1.29, 1.82) is 0 Å². The maximum Gasteiger partial charge on any atom is 0.144 e. The molecule has 0 bridgehead atoms. The molecule has 0 saturated heterocycles. The largest absolute Gasteiger partial charge is 0.492 e. The number of nitrogens with zero attached hydrogens (tertiary/aromatic N) is 1. The molecule has 0 fully saturated rings. The van der Waals surface area contributed by atoms with Crippen molar-refractivity contribution in [1.82, 2.24) is 4.90 Å². The average Bonchev–Trinajstić information content (AvgIpc) is 2.32. The zero-order valence-corrected chi connectivity index (χ0v) is 11.9. The first-order chi connectivity index (χ1) is 8.54. The molecule has 0 aliphatic heterocycles. The van der Waals surface area contributed by atoms with E-state index in [0.29, 0.717) is 18.3 Å². The van der Waals surface area contributed by atoms with Crippen molar-refractivity contribution in [3.8, 4) is 5.75 Å². The molecule has 0 spiro atoms. The molecule has 0 heterocycles. The number of anilines is 2. The number of ether oxygens (including phenoxy) is 1. The van der Waals surface area contributed by atoms with E-state index in [1.165, 1.54) is 0 Å². The third kappa shape index (κ3) is 4.45. The molecule has 0 aliphatic carbocycles. The molecule has 1 rings (SSSR count). The standard InChI is InChI=1S/C14H25N3O/c1-5-18-13-8-6-7-12(14(13)15)16-11(2)9-10-17(3)4/h6-8,11,16H,5,9-10,15H2,1-4H3. The zero-order chi connectivity index (χ0) is 13.5. The normalized spacial score (nSPS) is 12.5. The maximum absolute atomic E-state index is 6.08. The summed E-state index contributed by atoms with van der Waals surface area (Å²) in [5.74, 6) is 0.752. The van der Waals surface area contributed by atoms with Crippen molar-refractivity contribution >= 4 is 11.4 Å². The van der Waals surface area contributed by atoms with Gasteiger partial charge < -0.3 is 20.7 Å². The van der Waals surface area contributed by atoms with Crippen LogP contribution in [-0.4, -0.2) is 38.2 Å². The SMILES string of the molecule is CCOc1cccc(NC(C)CCN(C)C)c1N. The summed E-state index contributed by atoms with van der Waals surface area (Å²) in [4.78, 5) is 2.18. The Morgan fingerprint density at radius 1 is 1.39 bits per heavy atom. The second-order valence-corrected chi connectivity index (χ2v) is 4.79. The molecular formula is C14H25N3O. The van der Waals surface area contributed by atoms with Crippen LogP contribution >= 0.6 is 0 Å². The number of hydrogen-bond acceptors (Lipinski definition) is 4. The summed E-state index contributed by atoms with van der Waals surface area (Å²) >= 11 is 0. The van der Waals surface area contributed by atoms with Crippen LogP contribution in [0.3, 0.4) is 0 Å². The fourth-order valence-corrected chi connectivity index (χ4v) is 1.74. The van der Waals surface area contributed by atoms with Crippen LogP contribution in [-0.2, 0) is 0 Å².